The number of benzene rings is 2. The van der Waals surface area contributed by atoms with Crippen LogP contribution in [0, 0.1) is 21.4 Å². The number of fused-ring (bicyclic) bond motifs is 1. The van der Waals surface area contributed by atoms with E-state index in [-0.39, 0.29) is 30.7 Å². The Bertz CT molecular complexity index is 847. The number of nitro groups is 1. The maximum absolute atomic E-state index is 11.1. The highest BCUT2D eigenvalue weighted by molar-refractivity contribution is 6.32. The number of hydrogen-bond acceptors (Lipinski definition) is 6. The highest BCUT2D eigenvalue weighted by Crippen LogP contribution is 2.34. The van der Waals surface area contributed by atoms with Gasteiger partial charge in [0.2, 0.25) is 0 Å². The van der Waals surface area contributed by atoms with Crippen molar-refractivity contribution in [3.8, 4) is 17.6 Å². The van der Waals surface area contributed by atoms with Crippen LogP contribution < -0.4 is 9.47 Å². The van der Waals surface area contributed by atoms with Gasteiger partial charge in [-0.15, -0.1) is 0 Å². The molecule has 1 aliphatic rings. The van der Waals surface area contributed by atoms with Gasteiger partial charge in [0.05, 0.1) is 28.2 Å². The van der Waals surface area contributed by atoms with Gasteiger partial charge in [0, 0.05) is 23.3 Å². The zero-order valence-corrected chi connectivity index (χ0v) is 13.1. The van der Waals surface area contributed by atoms with Crippen molar-refractivity contribution in [3.05, 3.63) is 62.2 Å². The summed E-state index contributed by atoms with van der Waals surface area (Å²) in [7, 11) is 0. The van der Waals surface area contributed by atoms with E-state index in [2.05, 4.69) is 0 Å². The average molecular weight is 347 g/mol. The number of hydrogen-bond donors (Lipinski definition) is 0. The minimum atomic E-state index is -0.479. The number of rotatable bonds is 4. The fourth-order valence-corrected chi connectivity index (χ4v) is 2.57. The van der Waals surface area contributed by atoms with Gasteiger partial charge in [-0.3, -0.25) is 10.1 Å². The normalized spacial score (nSPS) is 12.7. The van der Waals surface area contributed by atoms with E-state index in [1.54, 1.807) is 12.1 Å². The maximum atomic E-state index is 11.1. The van der Waals surface area contributed by atoms with Crippen LogP contribution in [0.2, 0.25) is 5.02 Å². The zero-order valence-electron chi connectivity index (χ0n) is 12.3. The molecular formula is C16H11ClN2O5. The Labute approximate surface area is 142 Å². The first kappa shape index (κ1) is 16.1. The van der Waals surface area contributed by atoms with Gasteiger partial charge in [0.15, 0.2) is 6.79 Å². The number of halogens is 1. The third-order valence-electron chi connectivity index (χ3n) is 3.43. The van der Waals surface area contributed by atoms with Crippen LogP contribution in [0.5, 0.6) is 11.5 Å². The first-order valence-corrected chi connectivity index (χ1v) is 7.29. The summed E-state index contributed by atoms with van der Waals surface area (Å²) in [4.78, 5) is 10.6. The van der Waals surface area contributed by atoms with Gasteiger partial charge < -0.3 is 14.2 Å². The predicted molar refractivity (Wildman–Crippen MR) is 83.9 cm³/mol. The van der Waals surface area contributed by atoms with Gasteiger partial charge >= 0.3 is 0 Å². The molecular weight excluding hydrogens is 336 g/mol. The molecule has 7 nitrogen and oxygen atoms in total. The SMILES string of the molecule is N#Cc1ccc(OCc2cc([N+](=O)[O-])cc3c2OCOC3)c(Cl)c1. The van der Waals surface area contributed by atoms with E-state index in [1.165, 1.54) is 18.2 Å². The molecule has 1 heterocycles. The molecule has 0 radical (unpaired) electrons. The standard InChI is InChI=1S/C16H11ClN2O5/c17-14-3-10(6-18)1-2-15(14)23-8-12-5-13(19(20)21)4-11-7-22-9-24-16(11)12/h1-5H,7-9H2. The summed E-state index contributed by atoms with van der Waals surface area (Å²) in [5.41, 5.74) is 1.48. The minimum Gasteiger partial charge on any atom is -0.487 e. The van der Waals surface area contributed by atoms with Gasteiger partial charge in [0.1, 0.15) is 18.1 Å². The van der Waals surface area contributed by atoms with E-state index in [9.17, 15) is 10.1 Å². The molecule has 0 aromatic heterocycles. The molecule has 3 rings (SSSR count). The molecule has 0 saturated carbocycles. The summed E-state index contributed by atoms with van der Waals surface area (Å²) in [5, 5.41) is 20.2. The monoisotopic (exact) mass is 346 g/mol. The lowest BCUT2D eigenvalue weighted by Gasteiger charge is -2.20. The van der Waals surface area contributed by atoms with Crippen LogP contribution in [0.15, 0.2) is 30.3 Å². The second-order valence-electron chi connectivity index (χ2n) is 5.01. The molecule has 0 atom stereocenters. The Balaban J connectivity index is 1.88. The molecule has 122 valence electrons. The Morgan fingerprint density at radius 3 is 2.92 bits per heavy atom. The molecule has 8 heteroatoms. The second kappa shape index (κ2) is 6.74. The highest BCUT2D eigenvalue weighted by Gasteiger charge is 2.21. The first-order chi connectivity index (χ1) is 11.6. The van der Waals surface area contributed by atoms with Crippen LogP contribution in [0.25, 0.3) is 0 Å². The quantitative estimate of drug-likeness (QED) is 0.620. The van der Waals surface area contributed by atoms with Crippen LogP contribution in [0.4, 0.5) is 5.69 Å². The van der Waals surface area contributed by atoms with Crippen LogP contribution in [-0.2, 0) is 18.0 Å². The van der Waals surface area contributed by atoms with E-state index in [0.29, 0.717) is 28.2 Å². The lowest BCUT2D eigenvalue weighted by atomic mass is 10.1. The Hall–Kier alpha value is -2.82. The number of non-ortho nitro benzene ring substituents is 1. The van der Waals surface area contributed by atoms with Crippen molar-refractivity contribution in [1.82, 2.24) is 0 Å². The van der Waals surface area contributed by atoms with E-state index >= 15 is 0 Å². The number of nitrogens with zero attached hydrogens (tertiary/aromatic N) is 2. The predicted octanol–water partition coefficient (Wildman–Crippen LogP) is 3.57. The van der Waals surface area contributed by atoms with Gasteiger partial charge in [0.25, 0.3) is 5.69 Å². The summed E-state index contributed by atoms with van der Waals surface area (Å²) in [6.45, 7) is 0.354. The fourth-order valence-electron chi connectivity index (χ4n) is 2.34. The Kier molecular flexibility index (Phi) is 4.51. The van der Waals surface area contributed by atoms with E-state index in [1.807, 2.05) is 6.07 Å². The van der Waals surface area contributed by atoms with Crippen molar-refractivity contribution < 1.29 is 19.1 Å². The summed E-state index contributed by atoms with van der Waals surface area (Å²) in [6, 6.07) is 9.45. The third-order valence-corrected chi connectivity index (χ3v) is 3.72. The number of ether oxygens (including phenoxy) is 3. The molecule has 0 amide bonds. The minimum absolute atomic E-state index is 0.0373. The third kappa shape index (κ3) is 3.25. The van der Waals surface area contributed by atoms with E-state index in [0.717, 1.165) is 0 Å². The molecule has 0 unspecified atom stereocenters. The summed E-state index contributed by atoms with van der Waals surface area (Å²) >= 11 is 6.06. The molecule has 0 bridgehead atoms. The van der Waals surface area contributed by atoms with Crippen molar-refractivity contribution >= 4 is 17.3 Å². The van der Waals surface area contributed by atoms with Gasteiger partial charge in [-0.1, -0.05) is 11.6 Å². The Morgan fingerprint density at radius 1 is 1.38 bits per heavy atom. The maximum Gasteiger partial charge on any atom is 0.270 e. The molecule has 0 spiro atoms. The lowest BCUT2D eigenvalue weighted by Crippen LogP contribution is -2.14. The van der Waals surface area contributed by atoms with Crippen molar-refractivity contribution in [3.63, 3.8) is 0 Å². The van der Waals surface area contributed by atoms with Crippen LogP contribution in [0.1, 0.15) is 16.7 Å². The van der Waals surface area contributed by atoms with Crippen molar-refractivity contribution in [2.45, 2.75) is 13.2 Å². The summed E-state index contributed by atoms with van der Waals surface area (Å²) < 4.78 is 16.2. The van der Waals surface area contributed by atoms with Gasteiger partial charge in [-0.25, -0.2) is 0 Å². The number of nitro benzene ring substituents is 1. The van der Waals surface area contributed by atoms with Crippen molar-refractivity contribution in [2.75, 3.05) is 6.79 Å². The number of nitriles is 1. The molecule has 0 saturated heterocycles. The smallest absolute Gasteiger partial charge is 0.270 e. The lowest BCUT2D eigenvalue weighted by molar-refractivity contribution is -0.385. The highest BCUT2D eigenvalue weighted by atomic mass is 35.5. The molecule has 2 aromatic carbocycles. The van der Waals surface area contributed by atoms with Gasteiger partial charge in [-0.05, 0) is 18.2 Å². The second-order valence-corrected chi connectivity index (χ2v) is 5.41. The van der Waals surface area contributed by atoms with E-state index in [4.69, 9.17) is 31.1 Å². The van der Waals surface area contributed by atoms with Crippen molar-refractivity contribution in [2.24, 2.45) is 0 Å². The van der Waals surface area contributed by atoms with Gasteiger partial charge in [-0.2, -0.15) is 5.26 Å². The van der Waals surface area contributed by atoms with Crippen LogP contribution in [-0.4, -0.2) is 11.7 Å². The molecule has 0 N–H and O–H groups in total. The van der Waals surface area contributed by atoms with Crippen molar-refractivity contribution in [1.29, 1.82) is 5.26 Å². The molecule has 2 aromatic rings. The average Bonchev–Trinajstić information content (AvgIpc) is 2.60. The van der Waals surface area contributed by atoms with Crippen LogP contribution in [0.3, 0.4) is 0 Å². The first-order valence-electron chi connectivity index (χ1n) is 6.91. The summed E-state index contributed by atoms with van der Waals surface area (Å²) in [6.07, 6.45) is 0. The Morgan fingerprint density at radius 2 is 2.21 bits per heavy atom. The molecule has 0 aliphatic carbocycles. The topological polar surface area (TPSA) is 94.6 Å². The largest absolute Gasteiger partial charge is 0.487 e. The van der Waals surface area contributed by atoms with E-state index < -0.39 is 4.92 Å². The zero-order chi connectivity index (χ0) is 17.1. The molecule has 0 fully saturated rings. The molecule has 1 aliphatic heterocycles. The fraction of sp³-hybridized carbons (Fsp3) is 0.188. The molecule has 24 heavy (non-hydrogen) atoms. The summed E-state index contributed by atoms with van der Waals surface area (Å²) in [5.74, 6) is 0.902. The van der Waals surface area contributed by atoms with Crippen LogP contribution >= 0.6 is 11.6 Å².